The molecule has 124 valence electrons. The molecule has 0 atom stereocenters. The standard InChI is InChI=1S/C17H28N2O3/c1-14(6-4-8-15(2)17(21)22)7-5-9-16(20)19-12-10-18(3)11-13-19/h7-8H,4-6,9-13H2,1-3H3,(H,21,22)/b14-7+,15-8-. The Morgan fingerprint density at radius 3 is 2.18 bits per heavy atom. The molecule has 1 aliphatic heterocycles. The monoisotopic (exact) mass is 308 g/mol. The first-order valence-corrected chi connectivity index (χ1v) is 7.92. The first kappa shape index (κ1) is 18.4. The summed E-state index contributed by atoms with van der Waals surface area (Å²) < 4.78 is 0. The molecule has 1 N–H and O–H groups in total. The van der Waals surface area contributed by atoms with E-state index in [1.165, 1.54) is 5.57 Å². The highest BCUT2D eigenvalue weighted by atomic mass is 16.4. The molecule has 1 aliphatic rings. The minimum atomic E-state index is -0.862. The minimum Gasteiger partial charge on any atom is -0.478 e. The van der Waals surface area contributed by atoms with E-state index in [1.807, 2.05) is 11.8 Å². The lowest BCUT2D eigenvalue weighted by Crippen LogP contribution is -2.47. The molecule has 0 unspecified atom stereocenters. The Bertz CT molecular complexity index is 447. The van der Waals surface area contributed by atoms with Gasteiger partial charge in [0, 0.05) is 38.2 Å². The highest BCUT2D eigenvalue weighted by molar-refractivity contribution is 5.85. The minimum absolute atomic E-state index is 0.235. The third-order valence-corrected chi connectivity index (χ3v) is 4.03. The number of amides is 1. The largest absolute Gasteiger partial charge is 0.478 e. The van der Waals surface area contributed by atoms with Crippen molar-refractivity contribution in [2.75, 3.05) is 33.2 Å². The third kappa shape index (κ3) is 6.89. The summed E-state index contributed by atoms with van der Waals surface area (Å²) in [6, 6.07) is 0. The topological polar surface area (TPSA) is 60.9 Å². The molecule has 0 aromatic heterocycles. The van der Waals surface area contributed by atoms with Crippen LogP contribution in [0.2, 0.25) is 0 Å². The van der Waals surface area contributed by atoms with Gasteiger partial charge >= 0.3 is 5.97 Å². The Kier molecular flexibility index (Phi) is 7.88. The molecule has 22 heavy (non-hydrogen) atoms. The number of hydrogen-bond acceptors (Lipinski definition) is 3. The fourth-order valence-corrected chi connectivity index (χ4v) is 2.36. The van der Waals surface area contributed by atoms with Crippen LogP contribution in [-0.4, -0.2) is 60.0 Å². The van der Waals surface area contributed by atoms with Crippen molar-refractivity contribution in [1.82, 2.24) is 9.80 Å². The van der Waals surface area contributed by atoms with Gasteiger partial charge in [-0.2, -0.15) is 0 Å². The van der Waals surface area contributed by atoms with Gasteiger partial charge < -0.3 is 14.9 Å². The molecule has 1 fully saturated rings. The summed E-state index contributed by atoms with van der Waals surface area (Å²) >= 11 is 0. The van der Waals surface area contributed by atoms with Gasteiger partial charge in [-0.15, -0.1) is 0 Å². The number of nitrogens with zero attached hydrogens (tertiary/aromatic N) is 2. The molecule has 1 saturated heterocycles. The molecule has 0 spiro atoms. The molecule has 0 saturated carbocycles. The summed E-state index contributed by atoms with van der Waals surface area (Å²) in [7, 11) is 2.08. The Labute approximate surface area is 133 Å². The van der Waals surface area contributed by atoms with Crippen LogP contribution in [-0.2, 0) is 9.59 Å². The van der Waals surface area contributed by atoms with Crippen molar-refractivity contribution in [3.63, 3.8) is 0 Å². The van der Waals surface area contributed by atoms with Crippen LogP contribution in [0.5, 0.6) is 0 Å². The molecule has 1 rings (SSSR count). The molecule has 1 heterocycles. The summed E-state index contributed by atoms with van der Waals surface area (Å²) in [4.78, 5) is 26.9. The summed E-state index contributed by atoms with van der Waals surface area (Å²) in [6.07, 6.45) is 6.73. The highest BCUT2D eigenvalue weighted by Crippen LogP contribution is 2.10. The molecule has 0 aliphatic carbocycles. The van der Waals surface area contributed by atoms with E-state index >= 15 is 0 Å². The lowest BCUT2D eigenvalue weighted by Gasteiger charge is -2.32. The fourth-order valence-electron chi connectivity index (χ4n) is 2.36. The number of likely N-dealkylation sites (N-methyl/N-ethyl adjacent to an activating group) is 1. The fraction of sp³-hybridized carbons (Fsp3) is 0.647. The maximum atomic E-state index is 12.1. The van der Waals surface area contributed by atoms with Crippen LogP contribution >= 0.6 is 0 Å². The molecule has 5 heteroatoms. The van der Waals surface area contributed by atoms with E-state index in [1.54, 1.807) is 13.0 Å². The number of aliphatic carboxylic acids is 1. The Morgan fingerprint density at radius 1 is 1.00 bits per heavy atom. The molecular weight excluding hydrogens is 280 g/mol. The zero-order valence-electron chi connectivity index (χ0n) is 14.0. The summed E-state index contributed by atoms with van der Waals surface area (Å²) in [5.41, 5.74) is 1.60. The van der Waals surface area contributed by atoms with E-state index in [-0.39, 0.29) is 5.91 Å². The Balaban J connectivity index is 2.25. The second-order valence-corrected chi connectivity index (χ2v) is 6.00. The van der Waals surface area contributed by atoms with Crippen LogP contribution in [0, 0.1) is 0 Å². The van der Waals surface area contributed by atoms with Crippen LogP contribution in [0.3, 0.4) is 0 Å². The van der Waals surface area contributed by atoms with Crippen molar-refractivity contribution in [2.24, 2.45) is 0 Å². The van der Waals surface area contributed by atoms with Crippen molar-refractivity contribution in [3.8, 4) is 0 Å². The summed E-state index contributed by atoms with van der Waals surface area (Å²) in [6.45, 7) is 7.21. The van der Waals surface area contributed by atoms with Crippen LogP contribution in [0.4, 0.5) is 0 Å². The lowest BCUT2D eigenvalue weighted by molar-refractivity contribution is -0.133. The summed E-state index contributed by atoms with van der Waals surface area (Å²) in [5, 5.41) is 8.76. The van der Waals surface area contributed by atoms with Gasteiger partial charge in [0.05, 0.1) is 0 Å². The van der Waals surface area contributed by atoms with E-state index in [9.17, 15) is 9.59 Å². The molecule has 1 amide bonds. The van der Waals surface area contributed by atoms with E-state index in [4.69, 9.17) is 5.11 Å². The normalized spacial score (nSPS) is 17.7. The van der Waals surface area contributed by atoms with Gasteiger partial charge in [0.25, 0.3) is 0 Å². The van der Waals surface area contributed by atoms with Crippen LogP contribution in [0.15, 0.2) is 23.3 Å². The number of hydrogen-bond donors (Lipinski definition) is 1. The number of piperazine rings is 1. The Hall–Kier alpha value is -1.62. The molecule has 0 aromatic carbocycles. The van der Waals surface area contributed by atoms with Crippen molar-refractivity contribution in [2.45, 2.75) is 39.5 Å². The van der Waals surface area contributed by atoms with Crippen LogP contribution in [0.25, 0.3) is 0 Å². The predicted octanol–water partition coefficient (Wildman–Crippen LogP) is 2.30. The smallest absolute Gasteiger partial charge is 0.330 e. The first-order chi connectivity index (χ1) is 10.4. The van der Waals surface area contributed by atoms with E-state index in [0.717, 1.165) is 45.4 Å². The quantitative estimate of drug-likeness (QED) is 0.579. The molecule has 0 aromatic rings. The van der Waals surface area contributed by atoms with Gasteiger partial charge in [-0.25, -0.2) is 4.79 Å². The van der Waals surface area contributed by atoms with E-state index in [2.05, 4.69) is 18.0 Å². The molecule has 0 bridgehead atoms. The van der Waals surface area contributed by atoms with E-state index < -0.39 is 5.97 Å². The van der Waals surface area contributed by atoms with Crippen molar-refractivity contribution in [3.05, 3.63) is 23.3 Å². The van der Waals surface area contributed by atoms with Gasteiger partial charge in [-0.05, 0) is 40.2 Å². The highest BCUT2D eigenvalue weighted by Gasteiger charge is 2.17. The average molecular weight is 308 g/mol. The van der Waals surface area contributed by atoms with Gasteiger partial charge in [0.2, 0.25) is 5.91 Å². The Morgan fingerprint density at radius 2 is 1.59 bits per heavy atom. The van der Waals surface area contributed by atoms with Crippen molar-refractivity contribution >= 4 is 11.9 Å². The van der Waals surface area contributed by atoms with Gasteiger partial charge in [-0.3, -0.25) is 4.79 Å². The summed E-state index contributed by atoms with van der Waals surface area (Å²) in [5.74, 6) is -0.627. The zero-order valence-corrected chi connectivity index (χ0v) is 14.0. The first-order valence-electron chi connectivity index (χ1n) is 7.92. The SMILES string of the molecule is C/C(=C/CC/C(C)=C/CCC(=O)N1CCN(C)CC1)C(=O)O. The lowest BCUT2D eigenvalue weighted by atomic mass is 10.1. The predicted molar refractivity (Wildman–Crippen MR) is 87.7 cm³/mol. The number of carboxylic acid groups (broad SMARTS) is 1. The number of rotatable bonds is 7. The number of allylic oxidation sites excluding steroid dienone is 3. The molecular formula is C17H28N2O3. The molecule has 0 radical (unpaired) electrons. The zero-order chi connectivity index (χ0) is 16.5. The average Bonchev–Trinajstić information content (AvgIpc) is 2.47. The maximum absolute atomic E-state index is 12.1. The second-order valence-electron chi connectivity index (χ2n) is 6.00. The number of carbonyl (C=O) groups is 2. The van der Waals surface area contributed by atoms with Crippen LogP contribution < -0.4 is 0 Å². The maximum Gasteiger partial charge on any atom is 0.330 e. The van der Waals surface area contributed by atoms with Crippen molar-refractivity contribution < 1.29 is 14.7 Å². The molecule has 5 nitrogen and oxygen atoms in total. The van der Waals surface area contributed by atoms with Gasteiger partial charge in [0.1, 0.15) is 0 Å². The van der Waals surface area contributed by atoms with Gasteiger partial charge in [-0.1, -0.05) is 17.7 Å². The second kappa shape index (κ2) is 9.41. The number of carbonyl (C=O) groups excluding carboxylic acids is 1. The van der Waals surface area contributed by atoms with Gasteiger partial charge in [0.15, 0.2) is 0 Å². The van der Waals surface area contributed by atoms with Crippen LogP contribution in [0.1, 0.15) is 39.5 Å². The third-order valence-electron chi connectivity index (χ3n) is 4.03. The van der Waals surface area contributed by atoms with E-state index in [0.29, 0.717) is 12.0 Å². The van der Waals surface area contributed by atoms with Crippen molar-refractivity contribution in [1.29, 1.82) is 0 Å². The number of carboxylic acids is 1.